The second-order valence-electron chi connectivity index (χ2n) is 7.45. The summed E-state index contributed by atoms with van der Waals surface area (Å²) in [6, 6.07) is 12.2. The minimum atomic E-state index is -0.483. The highest BCUT2D eigenvalue weighted by Gasteiger charge is 2.34. The van der Waals surface area contributed by atoms with E-state index in [-0.39, 0.29) is 5.57 Å². The Kier molecular flexibility index (Phi) is 5.84. The first-order valence-corrected chi connectivity index (χ1v) is 9.65. The van der Waals surface area contributed by atoms with E-state index in [0.717, 1.165) is 0 Å². The molecule has 0 atom stereocenters. The third kappa shape index (κ3) is 4.71. The molecule has 29 heavy (non-hydrogen) atoms. The first-order chi connectivity index (χ1) is 13.7. The molecular formula is C22H23ClN2O4. The van der Waals surface area contributed by atoms with Gasteiger partial charge in [-0.3, -0.25) is 15.0 Å². The van der Waals surface area contributed by atoms with E-state index in [4.69, 9.17) is 21.1 Å². The molecule has 0 spiro atoms. The van der Waals surface area contributed by atoms with Crippen LogP contribution < -0.4 is 19.9 Å². The molecule has 1 heterocycles. The van der Waals surface area contributed by atoms with Gasteiger partial charge in [0, 0.05) is 0 Å². The normalized spacial score (nSPS) is 15.6. The monoisotopic (exact) mass is 414 g/mol. The van der Waals surface area contributed by atoms with E-state index in [2.05, 4.69) is 5.43 Å². The van der Waals surface area contributed by atoms with Crippen molar-refractivity contribution in [2.75, 3.05) is 11.6 Å². The average Bonchev–Trinajstić information content (AvgIpc) is 2.93. The van der Waals surface area contributed by atoms with E-state index in [1.807, 2.05) is 33.8 Å². The van der Waals surface area contributed by atoms with Gasteiger partial charge >= 0.3 is 0 Å². The van der Waals surface area contributed by atoms with E-state index in [9.17, 15) is 9.59 Å². The highest BCUT2D eigenvalue weighted by atomic mass is 35.5. The second-order valence-corrected chi connectivity index (χ2v) is 7.86. The van der Waals surface area contributed by atoms with Crippen molar-refractivity contribution in [1.29, 1.82) is 0 Å². The molecule has 0 bridgehead atoms. The molecule has 1 saturated heterocycles. The van der Waals surface area contributed by atoms with Gasteiger partial charge in [0.25, 0.3) is 11.8 Å². The maximum Gasteiger partial charge on any atom is 0.282 e. The summed E-state index contributed by atoms with van der Waals surface area (Å²) in [7, 11) is 0. The number of hydrogen-bond donors (Lipinski definition) is 1. The number of nitrogens with zero attached hydrogens (tertiary/aromatic N) is 1. The Bertz CT molecular complexity index is 965. The van der Waals surface area contributed by atoms with Crippen LogP contribution in [0.15, 0.2) is 48.0 Å². The lowest BCUT2D eigenvalue weighted by molar-refractivity contribution is -0.117. The molecule has 6 nitrogen and oxygen atoms in total. The van der Waals surface area contributed by atoms with Crippen LogP contribution in [0.25, 0.3) is 6.08 Å². The summed E-state index contributed by atoms with van der Waals surface area (Å²) in [5.41, 5.74) is 3.26. The van der Waals surface area contributed by atoms with E-state index in [1.54, 1.807) is 36.4 Å². The predicted octanol–water partition coefficient (Wildman–Crippen LogP) is 4.38. The minimum Gasteiger partial charge on any atom is -0.490 e. The quantitative estimate of drug-likeness (QED) is 0.582. The van der Waals surface area contributed by atoms with Gasteiger partial charge < -0.3 is 9.47 Å². The highest BCUT2D eigenvalue weighted by Crippen LogP contribution is 2.39. The maximum absolute atomic E-state index is 12.8. The fraction of sp³-hybridized carbons (Fsp3) is 0.273. The summed E-state index contributed by atoms with van der Waals surface area (Å²) in [6.45, 7) is 8.00. The average molecular weight is 415 g/mol. The molecule has 152 valence electrons. The Balaban J connectivity index is 1.97. The Morgan fingerprint density at radius 1 is 1.14 bits per heavy atom. The van der Waals surface area contributed by atoms with Crippen molar-refractivity contribution in [2.45, 2.75) is 33.3 Å². The van der Waals surface area contributed by atoms with Crippen LogP contribution in [0.3, 0.4) is 0 Å². The van der Waals surface area contributed by atoms with Gasteiger partial charge in [-0.15, -0.1) is 0 Å². The van der Waals surface area contributed by atoms with Gasteiger partial charge in [0.2, 0.25) is 0 Å². The van der Waals surface area contributed by atoms with Gasteiger partial charge in [-0.1, -0.05) is 29.8 Å². The van der Waals surface area contributed by atoms with Crippen LogP contribution in [0, 0.1) is 0 Å². The summed E-state index contributed by atoms with van der Waals surface area (Å²) in [6.07, 6.45) is 1.50. The number of hydrogen-bond acceptors (Lipinski definition) is 4. The molecule has 3 rings (SSSR count). The molecule has 1 aliphatic heterocycles. The van der Waals surface area contributed by atoms with E-state index in [0.29, 0.717) is 34.4 Å². The summed E-state index contributed by atoms with van der Waals surface area (Å²) in [5, 5.41) is 1.56. The number of amides is 2. The molecule has 1 N–H and O–H groups in total. The van der Waals surface area contributed by atoms with E-state index >= 15 is 0 Å². The number of carbonyl (C=O) groups excluding carboxylic acids is 2. The van der Waals surface area contributed by atoms with Crippen LogP contribution >= 0.6 is 11.6 Å². The SMILES string of the molecule is CCOc1cc(/C=C2/C(=O)NN(c3ccccc3)C2=O)cc(Cl)c1OC(C)(C)C. The molecule has 1 fully saturated rings. The van der Waals surface area contributed by atoms with E-state index in [1.165, 1.54) is 11.1 Å². The molecule has 0 radical (unpaired) electrons. The van der Waals surface area contributed by atoms with E-state index < -0.39 is 17.4 Å². The molecular weight excluding hydrogens is 392 g/mol. The number of carbonyl (C=O) groups is 2. The fourth-order valence-electron chi connectivity index (χ4n) is 2.82. The molecule has 0 unspecified atom stereocenters. The van der Waals surface area contributed by atoms with Gasteiger partial charge in [0.15, 0.2) is 11.5 Å². The molecule has 0 aromatic heterocycles. The Labute approximate surface area is 175 Å². The van der Waals surface area contributed by atoms with Gasteiger partial charge in [-0.05, 0) is 63.6 Å². The first kappa shape index (κ1) is 20.7. The van der Waals surface area contributed by atoms with Crippen molar-refractivity contribution in [3.05, 3.63) is 58.6 Å². The van der Waals surface area contributed by atoms with Crippen molar-refractivity contribution >= 4 is 35.2 Å². The van der Waals surface area contributed by atoms with Crippen LogP contribution in [0.5, 0.6) is 11.5 Å². The smallest absolute Gasteiger partial charge is 0.282 e. The predicted molar refractivity (Wildman–Crippen MR) is 113 cm³/mol. The third-order valence-corrected chi connectivity index (χ3v) is 4.24. The number of para-hydroxylation sites is 1. The number of benzene rings is 2. The molecule has 2 aromatic carbocycles. The van der Waals surface area contributed by atoms with Crippen LogP contribution in [0.4, 0.5) is 5.69 Å². The summed E-state index contributed by atoms with van der Waals surface area (Å²) < 4.78 is 11.6. The van der Waals surface area contributed by atoms with Gasteiger partial charge in [0.05, 0.1) is 17.3 Å². The topological polar surface area (TPSA) is 67.9 Å². The third-order valence-electron chi connectivity index (χ3n) is 3.96. The van der Waals surface area contributed by atoms with Crippen LogP contribution in [-0.4, -0.2) is 24.0 Å². The zero-order valence-electron chi connectivity index (χ0n) is 16.8. The van der Waals surface area contributed by atoms with Gasteiger partial charge in [0.1, 0.15) is 11.2 Å². The zero-order valence-corrected chi connectivity index (χ0v) is 17.5. The molecule has 0 saturated carbocycles. The van der Waals surface area contributed by atoms with Crippen molar-refractivity contribution in [2.24, 2.45) is 0 Å². The van der Waals surface area contributed by atoms with Crippen LogP contribution in [-0.2, 0) is 9.59 Å². The summed E-state index contributed by atoms with van der Waals surface area (Å²) in [5.74, 6) is -0.0444. The van der Waals surface area contributed by atoms with Gasteiger partial charge in [-0.2, -0.15) is 0 Å². The Hall–Kier alpha value is -2.99. The lowest BCUT2D eigenvalue weighted by atomic mass is 10.1. The lowest BCUT2D eigenvalue weighted by Crippen LogP contribution is -2.35. The zero-order chi connectivity index (χ0) is 21.2. The summed E-state index contributed by atoms with van der Waals surface area (Å²) in [4.78, 5) is 25.1. The molecule has 2 aromatic rings. The van der Waals surface area contributed by atoms with Gasteiger partial charge in [-0.25, -0.2) is 5.01 Å². The Morgan fingerprint density at radius 3 is 2.45 bits per heavy atom. The number of hydrazine groups is 1. The lowest BCUT2D eigenvalue weighted by Gasteiger charge is -2.24. The fourth-order valence-corrected chi connectivity index (χ4v) is 3.08. The van der Waals surface area contributed by atoms with Crippen molar-refractivity contribution in [3.8, 4) is 11.5 Å². The summed E-state index contributed by atoms with van der Waals surface area (Å²) >= 11 is 6.43. The molecule has 0 aliphatic carbocycles. The minimum absolute atomic E-state index is 0.0110. The standard InChI is InChI=1S/C22H23ClN2O4/c1-5-28-18-13-14(12-17(23)19(18)29-22(2,3)4)11-16-20(26)24-25(21(16)27)15-9-7-6-8-10-15/h6-13H,5H2,1-4H3,(H,24,26)/b16-11-. The largest absolute Gasteiger partial charge is 0.490 e. The number of nitrogens with one attached hydrogen (secondary N) is 1. The number of ether oxygens (including phenoxy) is 2. The highest BCUT2D eigenvalue weighted by molar-refractivity contribution is 6.33. The number of rotatable bonds is 5. The van der Waals surface area contributed by atoms with Crippen LogP contribution in [0.1, 0.15) is 33.3 Å². The molecule has 2 amide bonds. The number of halogens is 1. The Morgan fingerprint density at radius 2 is 1.83 bits per heavy atom. The van der Waals surface area contributed by atoms with Crippen molar-refractivity contribution in [3.63, 3.8) is 0 Å². The number of anilines is 1. The van der Waals surface area contributed by atoms with Crippen molar-refractivity contribution < 1.29 is 19.1 Å². The second kappa shape index (κ2) is 8.17. The molecule has 7 heteroatoms. The first-order valence-electron chi connectivity index (χ1n) is 9.27. The molecule has 1 aliphatic rings. The van der Waals surface area contributed by atoms with Crippen molar-refractivity contribution in [1.82, 2.24) is 5.43 Å². The van der Waals surface area contributed by atoms with Crippen LogP contribution in [0.2, 0.25) is 5.02 Å². The maximum atomic E-state index is 12.8.